The van der Waals surface area contributed by atoms with Crippen molar-refractivity contribution in [1.29, 1.82) is 0 Å². The van der Waals surface area contributed by atoms with Gasteiger partial charge in [0.2, 0.25) is 11.6 Å². The molecule has 1 amide bonds. The summed E-state index contributed by atoms with van der Waals surface area (Å²) in [6.07, 6.45) is 6.47. The molecule has 10 nitrogen and oxygen atoms in total. The van der Waals surface area contributed by atoms with Gasteiger partial charge in [-0.15, -0.1) is 0 Å². The lowest BCUT2D eigenvalue weighted by atomic mass is 9.96. The molecule has 1 spiro atoms. The molecule has 1 aromatic heterocycles. The average molecular weight is 593 g/mol. The normalized spacial score (nSPS) is 19.4. The van der Waals surface area contributed by atoms with E-state index in [1.165, 1.54) is 0 Å². The molecule has 0 bridgehead atoms. The van der Waals surface area contributed by atoms with Crippen LogP contribution in [0.1, 0.15) is 68.8 Å². The van der Waals surface area contributed by atoms with E-state index in [2.05, 4.69) is 16.8 Å². The van der Waals surface area contributed by atoms with Gasteiger partial charge in [-0.3, -0.25) is 19.4 Å². The Morgan fingerprint density at radius 3 is 2.69 bits per heavy atom. The third-order valence-corrected chi connectivity index (χ3v) is 9.63. The molecule has 2 aliphatic heterocycles. The number of sulfonamides is 1. The van der Waals surface area contributed by atoms with Gasteiger partial charge in [0.15, 0.2) is 5.76 Å². The second kappa shape index (κ2) is 11.5. The predicted molar refractivity (Wildman–Crippen MR) is 158 cm³/mol. The van der Waals surface area contributed by atoms with Crippen molar-refractivity contribution in [2.75, 3.05) is 17.9 Å². The molecule has 1 N–H and O–H groups in total. The summed E-state index contributed by atoms with van der Waals surface area (Å²) in [5.74, 6) is 1.57. The standard InChI is InChI=1S/C31H36N4O6S/c1-3-4-11-27-32-31(14-7-8-15-31)30(36)35(27)19-22-12-13-24-23(18-22)20-39-16-17-40-28-21(2)41-33-29(28)34-42(37,38)26-10-6-5-9-25(24)26/h5-6,9-10,12-13,18H,3-4,7-8,11,14-17,19-20H2,1-2H3,(H,33,34). The number of carbonyl (C=O) groups is 1. The SMILES string of the molecule is CCCCC1=NC2(CCCC2)C(=O)N1Cc1ccc2c(c1)COCCOc1c(noc1C)NS(=O)(=O)c1ccccc1-2. The number of hydrogen-bond donors (Lipinski definition) is 1. The van der Waals surface area contributed by atoms with Gasteiger partial charge in [0, 0.05) is 18.9 Å². The number of hydrogen-bond acceptors (Lipinski definition) is 8. The number of carbonyl (C=O) groups excluding carboxylic acids is 1. The molecule has 3 heterocycles. The molecule has 3 aliphatic rings. The van der Waals surface area contributed by atoms with Gasteiger partial charge >= 0.3 is 0 Å². The molecule has 11 heteroatoms. The van der Waals surface area contributed by atoms with Crippen molar-refractivity contribution in [1.82, 2.24) is 10.1 Å². The lowest BCUT2D eigenvalue weighted by Crippen LogP contribution is -2.40. The number of nitrogens with one attached hydrogen (secondary N) is 1. The number of benzene rings is 2. The fourth-order valence-electron chi connectivity index (χ4n) is 6.10. The number of aliphatic imine (C=N–C) groups is 1. The van der Waals surface area contributed by atoms with Crippen molar-refractivity contribution in [3.8, 4) is 16.9 Å². The second-order valence-corrected chi connectivity index (χ2v) is 12.8. The number of ether oxygens (including phenoxy) is 2. The van der Waals surface area contributed by atoms with Crippen LogP contribution in [-0.4, -0.2) is 49.0 Å². The number of nitrogens with zero attached hydrogens (tertiary/aromatic N) is 3. The predicted octanol–water partition coefficient (Wildman–Crippen LogP) is 5.60. The Bertz CT molecular complexity index is 1620. The van der Waals surface area contributed by atoms with E-state index in [0.29, 0.717) is 17.9 Å². The molecule has 0 radical (unpaired) electrons. The highest BCUT2D eigenvalue weighted by Gasteiger charge is 2.49. The zero-order valence-electron chi connectivity index (χ0n) is 24.0. The average Bonchev–Trinajstić information content (AvgIpc) is 3.66. The van der Waals surface area contributed by atoms with E-state index in [4.69, 9.17) is 19.0 Å². The Labute approximate surface area is 246 Å². The van der Waals surface area contributed by atoms with E-state index in [1.54, 1.807) is 31.2 Å². The molecule has 0 saturated heterocycles. The molecule has 1 aliphatic carbocycles. The van der Waals surface area contributed by atoms with Crippen LogP contribution < -0.4 is 9.46 Å². The Hall–Kier alpha value is -3.70. The fraction of sp³-hybridized carbons (Fsp3) is 0.452. The minimum atomic E-state index is -4.05. The molecule has 3 aromatic rings. The Kier molecular flexibility index (Phi) is 7.80. The van der Waals surface area contributed by atoms with Gasteiger partial charge in [0.1, 0.15) is 18.0 Å². The zero-order valence-corrected chi connectivity index (χ0v) is 24.8. The quantitative estimate of drug-likeness (QED) is 0.409. The van der Waals surface area contributed by atoms with E-state index in [9.17, 15) is 13.2 Å². The highest BCUT2D eigenvalue weighted by molar-refractivity contribution is 7.92. The van der Waals surface area contributed by atoms with Crippen molar-refractivity contribution in [2.24, 2.45) is 4.99 Å². The van der Waals surface area contributed by atoms with E-state index < -0.39 is 15.6 Å². The summed E-state index contributed by atoms with van der Waals surface area (Å²) >= 11 is 0. The molecule has 2 aromatic carbocycles. The number of aromatic nitrogens is 1. The first-order valence-electron chi connectivity index (χ1n) is 14.6. The van der Waals surface area contributed by atoms with Crippen LogP contribution in [-0.2, 0) is 32.7 Å². The van der Waals surface area contributed by atoms with Crippen LogP contribution in [0.15, 0.2) is 56.9 Å². The van der Waals surface area contributed by atoms with Crippen molar-refractivity contribution in [3.05, 3.63) is 59.4 Å². The second-order valence-electron chi connectivity index (χ2n) is 11.2. The minimum absolute atomic E-state index is 0.00650. The van der Waals surface area contributed by atoms with Crippen molar-refractivity contribution < 1.29 is 27.2 Å². The van der Waals surface area contributed by atoms with Gasteiger partial charge in [-0.2, -0.15) is 0 Å². The van der Waals surface area contributed by atoms with Gasteiger partial charge in [-0.05, 0) is 42.0 Å². The molecule has 1 saturated carbocycles. The van der Waals surface area contributed by atoms with Crippen molar-refractivity contribution in [3.63, 3.8) is 0 Å². The lowest BCUT2D eigenvalue weighted by Gasteiger charge is -2.23. The number of amides is 1. The minimum Gasteiger partial charge on any atom is -0.484 e. The van der Waals surface area contributed by atoms with E-state index >= 15 is 0 Å². The summed E-state index contributed by atoms with van der Waals surface area (Å²) in [6, 6.07) is 12.7. The van der Waals surface area contributed by atoms with Crippen LogP contribution in [0, 0.1) is 6.92 Å². The van der Waals surface area contributed by atoms with Crippen LogP contribution in [0.2, 0.25) is 0 Å². The number of fused-ring (bicyclic) bond motifs is 4. The zero-order chi connectivity index (χ0) is 29.3. The molecule has 1 fully saturated rings. The van der Waals surface area contributed by atoms with Gasteiger partial charge < -0.3 is 14.0 Å². The number of anilines is 1. The Balaban J connectivity index is 1.36. The first-order chi connectivity index (χ1) is 20.3. The maximum absolute atomic E-state index is 13.7. The van der Waals surface area contributed by atoms with Crippen LogP contribution in [0.3, 0.4) is 0 Å². The summed E-state index contributed by atoms with van der Waals surface area (Å²) in [6.45, 7) is 4.89. The van der Waals surface area contributed by atoms with E-state index in [-0.39, 0.29) is 42.2 Å². The third kappa shape index (κ3) is 5.31. The topological polar surface area (TPSA) is 123 Å². The summed E-state index contributed by atoms with van der Waals surface area (Å²) in [4.78, 5) is 20.7. The number of amidine groups is 1. The molecule has 0 unspecified atom stereocenters. The van der Waals surface area contributed by atoms with Crippen molar-refractivity contribution in [2.45, 2.75) is 82.4 Å². The first-order valence-corrected chi connectivity index (χ1v) is 16.1. The third-order valence-electron chi connectivity index (χ3n) is 8.23. The molecule has 42 heavy (non-hydrogen) atoms. The van der Waals surface area contributed by atoms with Crippen molar-refractivity contribution >= 4 is 27.6 Å². The summed E-state index contributed by atoms with van der Waals surface area (Å²) in [5, 5.41) is 3.87. The lowest BCUT2D eigenvalue weighted by molar-refractivity contribution is -0.131. The largest absolute Gasteiger partial charge is 0.484 e. The van der Waals surface area contributed by atoms with Crippen LogP contribution >= 0.6 is 0 Å². The number of unbranched alkanes of at least 4 members (excludes halogenated alkanes) is 1. The van der Waals surface area contributed by atoms with Gasteiger partial charge in [-0.1, -0.05) is 67.7 Å². The molecule has 222 valence electrons. The van der Waals surface area contributed by atoms with Gasteiger partial charge in [0.25, 0.3) is 15.9 Å². The number of aryl methyl sites for hydroxylation is 1. The maximum atomic E-state index is 13.7. The molecular weight excluding hydrogens is 556 g/mol. The van der Waals surface area contributed by atoms with Crippen LogP contribution in [0.4, 0.5) is 5.82 Å². The number of rotatable bonds is 5. The fourth-order valence-corrected chi connectivity index (χ4v) is 7.32. The maximum Gasteiger partial charge on any atom is 0.263 e. The highest BCUT2D eigenvalue weighted by atomic mass is 32.2. The van der Waals surface area contributed by atoms with E-state index in [1.807, 2.05) is 23.1 Å². The first kappa shape index (κ1) is 28.4. The van der Waals surface area contributed by atoms with Crippen LogP contribution in [0.5, 0.6) is 5.75 Å². The smallest absolute Gasteiger partial charge is 0.263 e. The highest BCUT2D eigenvalue weighted by Crippen LogP contribution is 2.41. The van der Waals surface area contributed by atoms with E-state index in [0.717, 1.165) is 67.5 Å². The monoisotopic (exact) mass is 592 g/mol. The summed E-state index contributed by atoms with van der Waals surface area (Å²) in [7, 11) is -4.05. The molecule has 6 rings (SSSR count). The summed E-state index contributed by atoms with van der Waals surface area (Å²) in [5.41, 5.74) is 2.43. The van der Waals surface area contributed by atoms with Gasteiger partial charge in [0.05, 0.1) is 24.7 Å². The van der Waals surface area contributed by atoms with Gasteiger partial charge in [-0.25, -0.2) is 8.42 Å². The van der Waals surface area contributed by atoms with Crippen LogP contribution in [0.25, 0.3) is 11.1 Å². The molecular formula is C31H36N4O6S. The molecule has 0 atom stereocenters. The Morgan fingerprint density at radius 1 is 1.07 bits per heavy atom. The summed E-state index contributed by atoms with van der Waals surface area (Å²) < 4.78 is 46.8. The Morgan fingerprint density at radius 2 is 1.88 bits per heavy atom.